The lowest BCUT2D eigenvalue weighted by Crippen LogP contribution is -2.42. The Labute approximate surface area is 139 Å². The van der Waals surface area contributed by atoms with Gasteiger partial charge in [-0.15, -0.1) is 0 Å². The number of carbonyl (C=O) groups excluding carboxylic acids is 1. The fraction of sp³-hybridized carbons (Fsp3) is 0.353. The summed E-state index contributed by atoms with van der Waals surface area (Å²) in [6, 6.07) is 6.31. The number of nitrogen functional groups attached to an aromatic ring is 1. The van der Waals surface area contributed by atoms with Crippen LogP contribution in [0.15, 0.2) is 36.7 Å². The molecule has 1 amide bonds. The molecule has 1 atom stereocenters. The summed E-state index contributed by atoms with van der Waals surface area (Å²) in [5, 5.41) is 0. The topological polar surface area (TPSA) is 81.3 Å². The lowest BCUT2D eigenvalue weighted by molar-refractivity contribution is -0.139. The van der Waals surface area contributed by atoms with Gasteiger partial charge in [-0.2, -0.15) is 0 Å². The molecule has 0 saturated carbocycles. The second-order valence-corrected chi connectivity index (χ2v) is 5.66. The van der Waals surface area contributed by atoms with Crippen LogP contribution in [0.3, 0.4) is 0 Å². The number of nitrogens with zero attached hydrogens (tertiary/aromatic N) is 3. The van der Waals surface area contributed by atoms with Crippen LogP contribution in [0.2, 0.25) is 0 Å². The first-order chi connectivity index (χ1) is 11.6. The smallest absolute Gasteiger partial charge is 0.223 e. The Bertz CT molecular complexity index is 725. The van der Waals surface area contributed by atoms with Crippen molar-refractivity contribution in [1.82, 2.24) is 14.9 Å². The van der Waals surface area contributed by atoms with Crippen LogP contribution in [0.25, 0.3) is 0 Å². The zero-order chi connectivity index (χ0) is 16.9. The molecule has 3 rings (SSSR count). The first-order valence-electron chi connectivity index (χ1n) is 7.83. The van der Waals surface area contributed by atoms with E-state index >= 15 is 0 Å². The number of carbonyl (C=O) groups is 1. The standard InChI is InChI=1S/C17H19FN4O2/c18-13-3-1-2-12(10-13)4-5-15(23)22-8-9-24-14(11-22)16-17(19)21-7-6-20-16/h1-3,6-7,10,14H,4-5,8-9,11H2,(H2,19,21)/t14-/m1/s1. The Morgan fingerprint density at radius 1 is 1.38 bits per heavy atom. The molecule has 1 aromatic heterocycles. The summed E-state index contributed by atoms with van der Waals surface area (Å²) >= 11 is 0. The molecule has 1 aromatic carbocycles. The predicted octanol–water partition coefficient (Wildman–Crippen LogP) is 1.73. The molecule has 1 saturated heterocycles. The summed E-state index contributed by atoms with van der Waals surface area (Å²) in [4.78, 5) is 22.4. The van der Waals surface area contributed by atoms with Gasteiger partial charge in [0.25, 0.3) is 0 Å². The van der Waals surface area contributed by atoms with Crippen LogP contribution < -0.4 is 5.73 Å². The molecule has 2 N–H and O–H groups in total. The van der Waals surface area contributed by atoms with E-state index in [0.717, 1.165) is 5.56 Å². The maximum Gasteiger partial charge on any atom is 0.223 e. The summed E-state index contributed by atoms with van der Waals surface area (Å²) in [6.45, 7) is 1.34. The Morgan fingerprint density at radius 2 is 2.21 bits per heavy atom. The molecular formula is C17H19FN4O2. The third-order valence-corrected chi connectivity index (χ3v) is 4.00. The summed E-state index contributed by atoms with van der Waals surface area (Å²) < 4.78 is 18.9. The predicted molar refractivity (Wildman–Crippen MR) is 86.4 cm³/mol. The van der Waals surface area contributed by atoms with Gasteiger partial charge < -0.3 is 15.4 Å². The SMILES string of the molecule is Nc1nccnc1[C@H]1CN(C(=O)CCc2cccc(F)c2)CCO1. The number of anilines is 1. The van der Waals surface area contributed by atoms with Crippen molar-refractivity contribution in [3.8, 4) is 0 Å². The minimum atomic E-state index is -0.370. The molecule has 0 unspecified atom stereocenters. The van der Waals surface area contributed by atoms with Crippen LogP contribution in [0, 0.1) is 5.82 Å². The van der Waals surface area contributed by atoms with Gasteiger partial charge in [-0.3, -0.25) is 9.78 Å². The van der Waals surface area contributed by atoms with Gasteiger partial charge in [-0.1, -0.05) is 12.1 Å². The molecule has 0 spiro atoms. The number of morpholine rings is 1. The van der Waals surface area contributed by atoms with Crippen molar-refractivity contribution in [1.29, 1.82) is 0 Å². The van der Waals surface area contributed by atoms with E-state index in [4.69, 9.17) is 10.5 Å². The van der Waals surface area contributed by atoms with E-state index < -0.39 is 0 Å². The van der Waals surface area contributed by atoms with Crippen molar-refractivity contribution in [2.45, 2.75) is 18.9 Å². The number of halogens is 1. The zero-order valence-corrected chi connectivity index (χ0v) is 13.2. The van der Waals surface area contributed by atoms with Crippen molar-refractivity contribution >= 4 is 11.7 Å². The molecule has 1 aliphatic heterocycles. The summed E-state index contributed by atoms with van der Waals surface area (Å²) in [6.07, 6.45) is 3.53. The molecule has 2 aromatic rings. The van der Waals surface area contributed by atoms with Gasteiger partial charge in [0, 0.05) is 25.4 Å². The highest BCUT2D eigenvalue weighted by atomic mass is 19.1. The highest BCUT2D eigenvalue weighted by Gasteiger charge is 2.27. The molecule has 0 aliphatic carbocycles. The number of aromatic nitrogens is 2. The quantitative estimate of drug-likeness (QED) is 0.923. The van der Waals surface area contributed by atoms with Gasteiger partial charge in [-0.05, 0) is 24.1 Å². The second kappa shape index (κ2) is 7.35. The van der Waals surface area contributed by atoms with Crippen LogP contribution in [-0.4, -0.2) is 40.5 Å². The molecule has 7 heteroatoms. The van der Waals surface area contributed by atoms with Crippen LogP contribution in [0.5, 0.6) is 0 Å². The first kappa shape index (κ1) is 16.3. The fourth-order valence-electron chi connectivity index (χ4n) is 2.75. The van der Waals surface area contributed by atoms with E-state index in [1.54, 1.807) is 17.2 Å². The van der Waals surface area contributed by atoms with E-state index in [-0.39, 0.29) is 17.8 Å². The number of nitrogens with two attached hydrogens (primary N) is 1. The van der Waals surface area contributed by atoms with Crippen LogP contribution in [0.4, 0.5) is 10.2 Å². The fourth-order valence-corrected chi connectivity index (χ4v) is 2.75. The minimum absolute atomic E-state index is 0.00928. The molecule has 1 fully saturated rings. The summed E-state index contributed by atoms with van der Waals surface area (Å²) in [5.41, 5.74) is 7.20. The maximum atomic E-state index is 13.2. The van der Waals surface area contributed by atoms with Crippen molar-refractivity contribution in [2.75, 3.05) is 25.4 Å². The lowest BCUT2D eigenvalue weighted by atomic mass is 10.1. The van der Waals surface area contributed by atoms with E-state index in [9.17, 15) is 9.18 Å². The number of benzene rings is 1. The van der Waals surface area contributed by atoms with Crippen molar-refractivity contribution in [2.24, 2.45) is 0 Å². The third kappa shape index (κ3) is 3.86. The van der Waals surface area contributed by atoms with Gasteiger partial charge >= 0.3 is 0 Å². The first-order valence-corrected chi connectivity index (χ1v) is 7.83. The van der Waals surface area contributed by atoms with Gasteiger partial charge in [0.2, 0.25) is 5.91 Å². The highest BCUT2D eigenvalue weighted by Crippen LogP contribution is 2.24. The van der Waals surface area contributed by atoms with Crippen molar-refractivity contribution in [3.05, 3.63) is 53.7 Å². The Kier molecular flexibility index (Phi) is 5.00. The molecule has 6 nitrogen and oxygen atoms in total. The highest BCUT2D eigenvalue weighted by molar-refractivity contribution is 5.76. The van der Waals surface area contributed by atoms with E-state index in [1.807, 2.05) is 6.07 Å². The number of hydrogen-bond donors (Lipinski definition) is 1. The van der Waals surface area contributed by atoms with Gasteiger partial charge in [0.1, 0.15) is 23.4 Å². The minimum Gasteiger partial charge on any atom is -0.382 e. The van der Waals surface area contributed by atoms with Crippen molar-refractivity contribution in [3.63, 3.8) is 0 Å². The molecule has 24 heavy (non-hydrogen) atoms. The van der Waals surface area contributed by atoms with E-state index in [1.165, 1.54) is 18.3 Å². The van der Waals surface area contributed by atoms with Crippen LogP contribution >= 0.6 is 0 Å². The van der Waals surface area contributed by atoms with Crippen LogP contribution in [-0.2, 0) is 16.0 Å². The van der Waals surface area contributed by atoms with Crippen LogP contribution in [0.1, 0.15) is 23.8 Å². The monoisotopic (exact) mass is 330 g/mol. The molecule has 0 radical (unpaired) electrons. The summed E-state index contributed by atoms with van der Waals surface area (Å²) in [7, 11) is 0. The average molecular weight is 330 g/mol. The molecular weight excluding hydrogens is 311 g/mol. The second-order valence-electron chi connectivity index (χ2n) is 5.66. The molecule has 126 valence electrons. The Balaban J connectivity index is 1.60. The normalized spacial score (nSPS) is 17.7. The zero-order valence-electron chi connectivity index (χ0n) is 13.2. The number of hydrogen-bond acceptors (Lipinski definition) is 5. The molecule has 0 bridgehead atoms. The van der Waals surface area contributed by atoms with E-state index in [2.05, 4.69) is 9.97 Å². The summed E-state index contributed by atoms with van der Waals surface area (Å²) in [5.74, 6) is 0.0381. The number of aryl methyl sites for hydroxylation is 1. The van der Waals surface area contributed by atoms with Crippen molar-refractivity contribution < 1.29 is 13.9 Å². The maximum absolute atomic E-state index is 13.2. The number of ether oxygens (including phenoxy) is 1. The van der Waals surface area contributed by atoms with Gasteiger partial charge in [0.15, 0.2) is 0 Å². The molecule has 1 aliphatic rings. The lowest BCUT2D eigenvalue weighted by Gasteiger charge is -2.33. The molecule has 2 heterocycles. The number of amides is 1. The van der Waals surface area contributed by atoms with Gasteiger partial charge in [-0.25, -0.2) is 9.37 Å². The Hall–Kier alpha value is -2.54. The van der Waals surface area contributed by atoms with E-state index in [0.29, 0.717) is 44.0 Å². The largest absolute Gasteiger partial charge is 0.382 e. The third-order valence-electron chi connectivity index (χ3n) is 4.00. The number of rotatable bonds is 4. The van der Waals surface area contributed by atoms with Gasteiger partial charge in [0.05, 0.1) is 13.2 Å². The Morgan fingerprint density at radius 3 is 3.00 bits per heavy atom. The average Bonchev–Trinajstić information content (AvgIpc) is 2.60.